The molecular weight excluding hydrogens is 430 g/mol. The number of sulfonamides is 1. The van der Waals surface area contributed by atoms with Crippen LogP contribution in [0.5, 0.6) is 11.5 Å². The van der Waals surface area contributed by atoms with Crippen molar-refractivity contribution in [2.75, 3.05) is 20.7 Å². The fourth-order valence-electron chi connectivity index (χ4n) is 2.35. The molecule has 29 heavy (non-hydrogen) atoms. The van der Waals surface area contributed by atoms with E-state index in [0.717, 1.165) is 4.31 Å². The van der Waals surface area contributed by atoms with E-state index in [1.807, 2.05) is 0 Å². The fraction of sp³-hybridized carbons (Fsp3) is 0.278. The predicted molar refractivity (Wildman–Crippen MR) is 103 cm³/mol. The highest BCUT2D eigenvalue weighted by Crippen LogP contribution is 2.29. The van der Waals surface area contributed by atoms with Gasteiger partial charge in [0, 0.05) is 18.6 Å². The monoisotopic (exact) mass is 448 g/mol. The van der Waals surface area contributed by atoms with Gasteiger partial charge < -0.3 is 14.8 Å². The Morgan fingerprint density at radius 2 is 1.83 bits per heavy atom. The van der Waals surface area contributed by atoms with E-state index >= 15 is 0 Å². The molecule has 0 aliphatic carbocycles. The minimum atomic E-state index is -3.86. The fourth-order valence-corrected chi connectivity index (χ4v) is 3.60. The second-order valence-corrected chi connectivity index (χ2v) is 8.34. The molecule has 11 heteroatoms. The quantitative estimate of drug-likeness (QED) is 0.637. The van der Waals surface area contributed by atoms with Gasteiger partial charge >= 0.3 is 6.61 Å². The molecule has 2 aromatic carbocycles. The van der Waals surface area contributed by atoms with Crippen LogP contribution < -0.4 is 14.8 Å². The third-order valence-electron chi connectivity index (χ3n) is 3.82. The van der Waals surface area contributed by atoms with E-state index in [9.17, 15) is 22.0 Å². The van der Waals surface area contributed by atoms with Gasteiger partial charge in [-0.3, -0.25) is 4.79 Å². The molecule has 0 atom stereocenters. The van der Waals surface area contributed by atoms with E-state index in [1.54, 1.807) is 0 Å². The minimum Gasteiger partial charge on any atom is -0.493 e. The van der Waals surface area contributed by atoms with Crippen LogP contribution in [0.4, 0.5) is 8.78 Å². The number of methoxy groups -OCH3 is 1. The van der Waals surface area contributed by atoms with Crippen molar-refractivity contribution in [1.82, 2.24) is 9.62 Å². The summed E-state index contributed by atoms with van der Waals surface area (Å²) in [6.45, 7) is -3.36. The number of likely N-dealkylation sites (N-methyl/N-ethyl adjacent to an activating group) is 1. The van der Waals surface area contributed by atoms with Crippen LogP contribution in [0.15, 0.2) is 47.4 Å². The molecule has 0 radical (unpaired) electrons. The number of hydrogen-bond donors (Lipinski definition) is 1. The first-order valence-corrected chi connectivity index (χ1v) is 10.1. The summed E-state index contributed by atoms with van der Waals surface area (Å²) in [6, 6.07) is 9.79. The first kappa shape index (κ1) is 22.9. The SMILES string of the molecule is COc1cc(CNC(=O)CN(C)S(=O)(=O)c2ccc(Cl)cc2)ccc1OC(F)F. The zero-order valence-electron chi connectivity index (χ0n) is 15.6. The molecule has 0 saturated heterocycles. The number of carbonyl (C=O) groups is 1. The van der Waals surface area contributed by atoms with Crippen LogP contribution in [0.1, 0.15) is 5.56 Å². The van der Waals surface area contributed by atoms with Gasteiger partial charge in [-0.1, -0.05) is 17.7 Å². The largest absolute Gasteiger partial charge is 0.493 e. The van der Waals surface area contributed by atoms with Crippen LogP contribution in [0, 0.1) is 0 Å². The van der Waals surface area contributed by atoms with Gasteiger partial charge in [0.25, 0.3) is 0 Å². The van der Waals surface area contributed by atoms with Gasteiger partial charge in [0.05, 0.1) is 18.6 Å². The lowest BCUT2D eigenvalue weighted by Gasteiger charge is -2.17. The lowest BCUT2D eigenvalue weighted by atomic mass is 10.2. The summed E-state index contributed by atoms with van der Waals surface area (Å²) in [4.78, 5) is 12.1. The number of rotatable bonds is 9. The standard InChI is InChI=1S/C18H19ClF2N2O5S/c1-23(29(25,26)14-6-4-13(19)5-7-14)11-17(24)22-10-12-3-8-15(28-18(20)21)16(9-12)27-2/h3-9,18H,10-11H2,1-2H3,(H,22,24). The third-order valence-corrected chi connectivity index (χ3v) is 5.89. The molecular formula is C18H19ClF2N2O5S. The number of amides is 1. The number of nitrogens with one attached hydrogen (secondary N) is 1. The van der Waals surface area contributed by atoms with Gasteiger partial charge in [0.2, 0.25) is 15.9 Å². The van der Waals surface area contributed by atoms with Crippen LogP contribution in [-0.4, -0.2) is 45.9 Å². The van der Waals surface area contributed by atoms with Crippen molar-refractivity contribution in [3.63, 3.8) is 0 Å². The summed E-state index contributed by atoms with van der Waals surface area (Å²) in [5.41, 5.74) is 0.556. The second kappa shape index (κ2) is 9.86. The van der Waals surface area contributed by atoms with Crippen molar-refractivity contribution in [3.05, 3.63) is 53.1 Å². The third kappa shape index (κ3) is 6.28. The highest BCUT2D eigenvalue weighted by atomic mass is 35.5. The molecule has 0 heterocycles. The van der Waals surface area contributed by atoms with E-state index in [-0.39, 0.29) is 22.9 Å². The van der Waals surface area contributed by atoms with Crippen molar-refractivity contribution in [2.45, 2.75) is 18.1 Å². The molecule has 0 aliphatic heterocycles. The smallest absolute Gasteiger partial charge is 0.387 e. The van der Waals surface area contributed by atoms with Crippen LogP contribution in [0.3, 0.4) is 0 Å². The van der Waals surface area contributed by atoms with Gasteiger partial charge in [-0.2, -0.15) is 13.1 Å². The van der Waals surface area contributed by atoms with Gasteiger partial charge in [-0.25, -0.2) is 8.42 Å². The number of alkyl halides is 2. The zero-order chi connectivity index (χ0) is 21.6. The molecule has 0 fully saturated rings. The molecule has 1 N–H and O–H groups in total. The Balaban J connectivity index is 1.98. The number of carbonyl (C=O) groups excluding carboxylic acids is 1. The topological polar surface area (TPSA) is 84.9 Å². The average Bonchev–Trinajstić information content (AvgIpc) is 2.67. The van der Waals surface area contributed by atoms with E-state index in [0.29, 0.717) is 10.6 Å². The molecule has 0 saturated carbocycles. The molecule has 2 aromatic rings. The Hall–Kier alpha value is -2.43. The summed E-state index contributed by atoms with van der Waals surface area (Å²) >= 11 is 5.75. The highest BCUT2D eigenvalue weighted by Gasteiger charge is 2.22. The van der Waals surface area contributed by atoms with Gasteiger partial charge in [0.1, 0.15) is 0 Å². The lowest BCUT2D eigenvalue weighted by molar-refractivity contribution is -0.121. The van der Waals surface area contributed by atoms with E-state index in [2.05, 4.69) is 10.1 Å². The molecule has 0 spiro atoms. The summed E-state index contributed by atoms with van der Waals surface area (Å²) < 4.78 is 59.9. The van der Waals surface area contributed by atoms with Crippen molar-refractivity contribution in [2.24, 2.45) is 0 Å². The molecule has 2 rings (SSSR count). The normalized spacial score (nSPS) is 11.6. The molecule has 0 aromatic heterocycles. The maximum atomic E-state index is 12.5. The Morgan fingerprint density at radius 3 is 2.41 bits per heavy atom. The Kier molecular flexibility index (Phi) is 7.77. The van der Waals surface area contributed by atoms with E-state index in [4.69, 9.17) is 16.3 Å². The molecule has 158 valence electrons. The van der Waals surface area contributed by atoms with Gasteiger partial charge in [-0.15, -0.1) is 0 Å². The van der Waals surface area contributed by atoms with Gasteiger partial charge in [0.15, 0.2) is 11.5 Å². The summed E-state index contributed by atoms with van der Waals surface area (Å²) in [7, 11) is -1.28. The first-order chi connectivity index (χ1) is 13.6. The molecule has 1 amide bonds. The van der Waals surface area contributed by atoms with Crippen molar-refractivity contribution in [3.8, 4) is 11.5 Å². The van der Waals surface area contributed by atoms with Crippen LogP contribution in [0.25, 0.3) is 0 Å². The Labute approximate surface area is 172 Å². The summed E-state index contributed by atoms with van der Waals surface area (Å²) in [6.07, 6.45) is 0. The maximum Gasteiger partial charge on any atom is 0.387 e. The van der Waals surface area contributed by atoms with E-state index < -0.39 is 29.1 Å². The Bertz CT molecular complexity index is 955. The number of hydrogen-bond acceptors (Lipinski definition) is 5. The second-order valence-electron chi connectivity index (χ2n) is 5.86. The number of nitrogens with zero attached hydrogens (tertiary/aromatic N) is 1. The van der Waals surface area contributed by atoms with Crippen LogP contribution in [0.2, 0.25) is 5.02 Å². The molecule has 7 nitrogen and oxygen atoms in total. The number of ether oxygens (including phenoxy) is 2. The van der Waals surface area contributed by atoms with Crippen LogP contribution in [-0.2, 0) is 21.4 Å². The average molecular weight is 449 g/mol. The predicted octanol–water partition coefficient (Wildman–Crippen LogP) is 2.89. The summed E-state index contributed by atoms with van der Waals surface area (Å²) in [5, 5.41) is 2.96. The van der Waals surface area contributed by atoms with Gasteiger partial charge in [-0.05, 0) is 42.0 Å². The number of halogens is 3. The molecule has 0 aliphatic rings. The van der Waals surface area contributed by atoms with Crippen molar-refractivity contribution < 1.29 is 31.5 Å². The summed E-state index contributed by atoms with van der Waals surface area (Å²) in [5.74, 6) is -0.595. The number of benzene rings is 2. The minimum absolute atomic E-state index is 0.0107. The maximum absolute atomic E-state index is 12.5. The van der Waals surface area contributed by atoms with Crippen molar-refractivity contribution in [1.29, 1.82) is 0 Å². The van der Waals surface area contributed by atoms with E-state index in [1.165, 1.54) is 56.6 Å². The lowest BCUT2D eigenvalue weighted by Crippen LogP contribution is -2.38. The zero-order valence-corrected chi connectivity index (χ0v) is 17.1. The highest BCUT2D eigenvalue weighted by molar-refractivity contribution is 7.89. The first-order valence-electron chi connectivity index (χ1n) is 8.24. The van der Waals surface area contributed by atoms with Crippen LogP contribution >= 0.6 is 11.6 Å². The Morgan fingerprint density at radius 1 is 1.17 bits per heavy atom. The van der Waals surface area contributed by atoms with Crippen molar-refractivity contribution >= 4 is 27.5 Å². The molecule has 0 bridgehead atoms. The molecule has 0 unspecified atom stereocenters.